The average Bonchev–Trinajstić information content (AvgIpc) is 2.39. The summed E-state index contributed by atoms with van der Waals surface area (Å²) in [4.78, 5) is 30.3. The van der Waals surface area contributed by atoms with E-state index < -0.39 is 11.8 Å². The first-order valence-electron chi connectivity index (χ1n) is 5.68. The van der Waals surface area contributed by atoms with Crippen LogP contribution in [0.3, 0.4) is 0 Å². The topological polar surface area (TPSA) is 93.2 Å². The highest BCUT2D eigenvalue weighted by Crippen LogP contribution is 1.93. The number of hydrogen-bond donors (Lipinski definition) is 2. The Kier molecular flexibility index (Phi) is 6.34. The number of nitrogens with zero attached hydrogens (tertiary/aromatic N) is 2. The van der Waals surface area contributed by atoms with Crippen molar-refractivity contribution in [1.82, 2.24) is 15.3 Å². The van der Waals surface area contributed by atoms with Gasteiger partial charge in [-0.25, -0.2) is 9.97 Å². The number of hydrogen-bond acceptors (Lipinski definition) is 5. The minimum Gasteiger partial charge on any atom is -0.382 e. The van der Waals surface area contributed by atoms with Crippen molar-refractivity contribution in [3.8, 4) is 0 Å². The van der Waals surface area contributed by atoms with Crippen molar-refractivity contribution in [3.63, 3.8) is 0 Å². The van der Waals surface area contributed by atoms with E-state index in [0.717, 1.165) is 0 Å². The zero-order valence-corrected chi connectivity index (χ0v) is 10.2. The maximum absolute atomic E-state index is 11.4. The third-order valence-corrected chi connectivity index (χ3v) is 1.95. The molecule has 1 heterocycles. The second kappa shape index (κ2) is 8.13. The maximum Gasteiger partial charge on any atom is 0.316 e. The Morgan fingerprint density at radius 3 is 2.67 bits per heavy atom. The van der Waals surface area contributed by atoms with Crippen LogP contribution in [-0.2, 0) is 14.3 Å². The van der Waals surface area contributed by atoms with Crippen LogP contribution in [0.2, 0.25) is 0 Å². The van der Waals surface area contributed by atoms with Crippen LogP contribution in [0.15, 0.2) is 18.5 Å². The van der Waals surface area contributed by atoms with Crippen molar-refractivity contribution in [2.45, 2.75) is 13.3 Å². The standard InChI is InChI=1S/C11H16N4O3/c1-2-18-8-4-7-12-9(16)10(17)15-11-13-5-3-6-14-11/h3,5-6H,2,4,7-8H2,1H3,(H,12,16)(H,13,14,15,17). The lowest BCUT2D eigenvalue weighted by Gasteiger charge is -2.05. The number of carbonyl (C=O) groups is 2. The van der Waals surface area contributed by atoms with Gasteiger partial charge in [0.15, 0.2) is 0 Å². The summed E-state index contributed by atoms with van der Waals surface area (Å²) in [6.07, 6.45) is 3.61. The molecule has 0 fully saturated rings. The second-order valence-electron chi connectivity index (χ2n) is 3.33. The van der Waals surface area contributed by atoms with Crippen molar-refractivity contribution < 1.29 is 14.3 Å². The lowest BCUT2D eigenvalue weighted by Crippen LogP contribution is -2.36. The first-order valence-corrected chi connectivity index (χ1v) is 5.68. The van der Waals surface area contributed by atoms with Crippen molar-refractivity contribution in [3.05, 3.63) is 18.5 Å². The Hall–Kier alpha value is -2.02. The molecule has 0 atom stereocenters. The Balaban J connectivity index is 2.23. The lowest BCUT2D eigenvalue weighted by atomic mass is 10.4. The molecule has 0 aliphatic heterocycles. The SMILES string of the molecule is CCOCCCNC(=O)C(=O)Nc1ncccn1. The molecule has 7 nitrogen and oxygen atoms in total. The Morgan fingerprint density at radius 2 is 2.00 bits per heavy atom. The molecule has 0 aliphatic rings. The molecule has 1 rings (SSSR count). The minimum absolute atomic E-state index is 0.104. The molecule has 0 bridgehead atoms. The summed E-state index contributed by atoms with van der Waals surface area (Å²) in [6, 6.07) is 1.61. The summed E-state index contributed by atoms with van der Waals surface area (Å²) in [5.41, 5.74) is 0. The van der Waals surface area contributed by atoms with Gasteiger partial charge in [-0.15, -0.1) is 0 Å². The van der Waals surface area contributed by atoms with Gasteiger partial charge >= 0.3 is 11.8 Å². The van der Waals surface area contributed by atoms with Crippen molar-refractivity contribution in [2.24, 2.45) is 0 Å². The van der Waals surface area contributed by atoms with Crippen molar-refractivity contribution in [2.75, 3.05) is 25.1 Å². The van der Waals surface area contributed by atoms with Gasteiger partial charge in [-0.3, -0.25) is 14.9 Å². The smallest absolute Gasteiger partial charge is 0.316 e. The molecule has 0 saturated carbocycles. The Morgan fingerprint density at radius 1 is 1.28 bits per heavy atom. The predicted octanol–water partition coefficient (Wildman–Crippen LogP) is -0.0421. The van der Waals surface area contributed by atoms with Gasteiger partial charge in [0.05, 0.1) is 0 Å². The van der Waals surface area contributed by atoms with Crippen LogP contribution < -0.4 is 10.6 Å². The van der Waals surface area contributed by atoms with Crippen molar-refractivity contribution in [1.29, 1.82) is 0 Å². The highest BCUT2D eigenvalue weighted by atomic mass is 16.5. The van der Waals surface area contributed by atoms with E-state index in [1.54, 1.807) is 6.07 Å². The van der Waals surface area contributed by atoms with Crippen LogP contribution in [0.25, 0.3) is 0 Å². The Bertz CT molecular complexity index is 383. The van der Waals surface area contributed by atoms with Crippen LogP contribution >= 0.6 is 0 Å². The average molecular weight is 252 g/mol. The first-order chi connectivity index (χ1) is 8.74. The number of nitrogens with one attached hydrogen (secondary N) is 2. The van der Waals surface area contributed by atoms with E-state index in [-0.39, 0.29) is 5.95 Å². The molecule has 0 saturated heterocycles. The van der Waals surface area contributed by atoms with E-state index in [4.69, 9.17) is 4.74 Å². The highest BCUT2D eigenvalue weighted by molar-refractivity contribution is 6.39. The summed E-state index contributed by atoms with van der Waals surface area (Å²) in [5, 5.41) is 4.76. The molecule has 1 aromatic rings. The second-order valence-corrected chi connectivity index (χ2v) is 3.33. The number of amides is 2. The van der Waals surface area contributed by atoms with Crippen LogP contribution in [0.1, 0.15) is 13.3 Å². The summed E-state index contributed by atoms with van der Waals surface area (Å²) in [6.45, 7) is 3.48. The van der Waals surface area contributed by atoms with E-state index in [1.807, 2.05) is 6.92 Å². The number of anilines is 1. The van der Waals surface area contributed by atoms with Gasteiger partial charge in [0, 0.05) is 32.2 Å². The van der Waals surface area contributed by atoms with E-state index in [9.17, 15) is 9.59 Å². The molecule has 0 radical (unpaired) electrons. The summed E-state index contributed by atoms with van der Waals surface area (Å²) < 4.78 is 5.10. The highest BCUT2D eigenvalue weighted by Gasteiger charge is 2.13. The number of aromatic nitrogens is 2. The van der Waals surface area contributed by atoms with Crippen molar-refractivity contribution >= 4 is 17.8 Å². The number of rotatable bonds is 6. The summed E-state index contributed by atoms with van der Waals surface area (Å²) >= 11 is 0. The number of ether oxygens (including phenoxy) is 1. The van der Waals surface area contributed by atoms with Gasteiger partial charge in [0.1, 0.15) is 0 Å². The number of carbonyl (C=O) groups excluding carboxylic acids is 2. The molecule has 2 N–H and O–H groups in total. The van der Waals surface area contributed by atoms with E-state index in [2.05, 4.69) is 20.6 Å². The molecule has 0 spiro atoms. The van der Waals surface area contributed by atoms with E-state index >= 15 is 0 Å². The van der Waals surface area contributed by atoms with Gasteiger partial charge < -0.3 is 10.1 Å². The summed E-state index contributed by atoms with van der Waals surface area (Å²) in [5.74, 6) is -1.39. The van der Waals surface area contributed by atoms with Crippen LogP contribution in [0.5, 0.6) is 0 Å². The van der Waals surface area contributed by atoms with Gasteiger partial charge in [0.25, 0.3) is 0 Å². The molecular weight excluding hydrogens is 236 g/mol. The molecule has 2 amide bonds. The third-order valence-electron chi connectivity index (χ3n) is 1.95. The van der Waals surface area contributed by atoms with E-state index in [1.165, 1.54) is 12.4 Å². The van der Waals surface area contributed by atoms with Gasteiger partial charge in [-0.05, 0) is 19.4 Å². The lowest BCUT2D eigenvalue weighted by molar-refractivity contribution is -0.136. The zero-order valence-electron chi connectivity index (χ0n) is 10.2. The molecule has 0 unspecified atom stereocenters. The molecule has 18 heavy (non-hydrogen) atoms. The van der Waals surface area contributed by atoms with Gasteiger partial charge in [-0.1, -0.05) is 0 Å². The normalized spacial score (nSPS) is 9.83. The molecular formula is C11H16N4O3. The monoisotopic (exact) mass is 252 g/mol. The van der Waals surface area contributed by atoms with Crippen LogP contribution in [-0.4, -0.2) is 41.5 Å². The predicted molar refractivity (Wildman–Crippen MR) is 64.8 cm³/mol. The van der Waals surface area contributed by atoms with Gasteiger partial charge in [-0.2, -0.15) is 0 Å². The van der Waals surface area contributed by atoms with Crippen LogP contribution in [0.4, 0.5) is 5.95 Å². The fourth-order valence-electron chi connectivity index (χ4n) is 1.12. The van der Waals surface area contributed by atoms with Gasteiger partial charge in [0.2, 0.25) is 5.95 Å². The Labute approximate surface area is 105 Å². The molecule has 0 aliphatic carbocycles. The van der Waals surface area contributed by atoms with Crippen LogP contribution in [0, 0.1) is 0 Å². The fourth-order valence-corrected chi connectivity index (χ4v) is 1.12. The molecule has 1 aromatic heterocycles. The maximum atomic E-state index is 11.4. The molecule has 7 heteroatoms. The largest absolute Gasteiger partial charge is 0.382 e. The summed E-state index contributed by atoms with van der Waals surface area (Å²) in [7, 11) is 0. The zero-order chi connectivity index (χ0) is 13.2. The molecule has 0 aromatic carbocycles. The quantitative estimate of drug-likeness (QED) is 0.547. The molecule has 98 valence electrons. The first kappa shape index (κ1) is 14.0. The fraction of sp³-hybridized carbons (Fsp3) is 0.455. The minimum atomic E-state index is -0.780. The van der Waals surface area contributed by atoms with E-state index in [0.29, 0.717) is 26.2 Å². The third kappa shape index (κ3) is 5.35.